The van der Waals surface area contributed by atoms with Crippen molar-refractivity contribution in [3.8, 4) is 5.75 Å². The number of hydrogen-bond donors (Lipinski definition) is 1. The Bertz CT molecular complexity index is 1030. The number of rotatable bonds is 7. The lowest BCUT2D eigenvalue weighted by Gasteiger charge is -2.33. The van der Waals surface area contributed by atoms with Crippen LogP contribution < -0.4 is 15.0 Å². The third kappa shape index (κ3) is 6.18. The van der Waals surface area contributed by atoms with E-state index in [4.69, 9.17) is 4.74 Å². The van der Waals surface area contributed by atoms with Gasteiger partial charge in [0.1, 0.15) is 18.2 Å². The summed E-state index contributed by atoms with van der Waals surface area (Å²) in [5, 5.41) is 2.86. The minimum absolute atomic E-state index is 0.191. The van der Waals surface area contributed by atoms with Crippen LogP contribution in [-0.4, -0.2) is 49.0 Å². The first-order valence-corrected chi connectivity index (χ1v) is 10.8. The molecule has 0 radical (unpaired) electrons. The van der Waals surface area contributed by atoms with E-state index < -0.39 is 0 Å². The number of nitrogens with one attached hydrogen (secondary N) is 1. The minimum Gasteiger partial charge on any atom is -0.489 e. The van der Waals surface area contributed by atoms with Crippen LogP contribution in [-0.2, 0) is 11.4 Å². The van der Waals surface area contributed by atoms with Crippen molar-refractivity contribution in [1.82, 2.24) is 9.88 Å². The summed E-state index contributed by atoms with van der Waals surface area (Å²) >= 11 is 0. The number of carbonyl (C=O) groups excluding carboxylic acids is 1. The number of anilines is 2. The Balaban J connectivity index is 1.26. The van der Waals surface area contributed by atoms with Crippen LogP contribution in [0, 0.1) is 0 Å². The van der Waals surface area contributed by atoms with E-state index >= 15 is 0 Å². The molecule has 1 aliphatic heterocycles. The van der Waals surface area contributed by atoms with Gasteiger partial charge in [0.25, 0.3) is 0 Å². The monoisotopic (exact) mass is 428 g/mol. The molecule has 1 saturated heterocycles. The number of likely N-dealkylation sites (N-methyl/N-ethyl adjacent to an activating group) is 1. The largest absolute Gasteiger partial charge is 0.489 e. The Hall–Kier alpha value is -3.64. The van der Waals surface area contributed by atoms with Crippen molar-refractivity contribution in [1.29, 1.82) is 0 Å². The topological polar surface area (TPSA) is 57.7 Å². The maximum atomic E-state index is 12.3. The molecule has 1 fully saturated rings. The predicted octanol–water partition coefficient (Wildman–Crippen LogP) is 4.06. The number of aromatic nitrogens is 1. The summed E-state index contributed by atoms with van der Waals surface area (Å²) in [5.74, 6) is 1.55. The second-order valence-corrected chi connectivity index (χ2v) is 7.86. The molecule has 0 unspecified atom stereocenters. The second-order valence-electron chi connectivity index (χ2n) is 7.86. The predicted molar refractivity (Wildman–Crippen MR) is 129 cm³/mol. The Labute approximate surface area is 189 Å². The summed E-state index contributed by atoms with van der Waals surface area (Å²) in [4.78, 5) is 21.3. The third-order valence-electron chi connectivity index (χ3n) is 5.40. The Morgan fingerprint density at radius 3 is 2.44 bits per heavy atom. The van der Waals surface area contributed by atoms with Gasteiger partial charge >= 0.3 is 0 Å². The lowest BCUT2D eigenvalue weighted by Crippen LogP contribution is -2.44. The zero-order valence-corrected chi connectivity index (χ0v) is 18.3. The molecule has 1 amide bonds. The second kappa shape index (κ2) is 10.6. The molecular weight excluding hydrogens is 400 g/mol. The molecule has 0 atom stereocenters. The van der Waals surface area contributed by atoms with Crippen LogP contribution in [0.4, 0.5) is 11.5 Å². The van der Waals surface area contributed by atoms with Crippen LogP contribution >= 0.6 is 0 Å². The number of piperazine rings is 1. The fourth-order valence-electron chi connectivity index (χ4n) is 3.45. The molecule has 2 aromatic carbocycles. The molecule has 2 heterocycles. The molecule has 164 valence electrons. The van der Waals surface area contributed by atoms with E-state index in [0.29, 0.717) is 12.3 Å². The van der Waals surface area contributed by atoms with Crippen molar-refractivity contribution in [2.75, 3.05) is 43.4 Å². The fourth-order valence-corrected chi connectivity index (χ4v) is 3.45. The molecule has 0 spiro atoms. The number of amides is 1. The van der Waals surface area contributed by atoms with E-state index in [9.17, 15) is 4.79 Å². The number of pyridine rings is 1. The highest BCUT2D eigenvalue weighted by molar-refractivity contribution is 6.01. The molecule has 3 aromatic rings. The van der Waals surface area contributed by atoms with Gasteiger partial charge in [0.2, 0.25) is 5.91 Å². The fraction of sp³-hybridized carbons (Fsp3) is 0.231. The molecule has 0 saturated carbocycles. The first-order chi connectivity index (χ1) is 15.7. The van der Waals surface area contributed by atoms with E-state index in [1.165, 1.54) is 6.08 Å². The Morgan fingerprint density at radius 1 is 1.00 bits per heavy atom. The zero-order chi connectivity index (χ0) is 22.2. The van der Waals surface area contributed by atoms with Crippen LogP contribution in [0.2, 0.25) is 0 Å². The van der Waals surface area contributed by atoms with Crippen LogP contribution in [0.25, 0.3) is 6.08 Å². The lowest BCUT2D eigenvalue weighted by atomic mass is 10.2. The van der Waals surface area contributed by atoms with Gasteiger partial charge in [-0.25, -0.2) is 4.98 Å². The first kappa shape index (κ1) is 21.6. The van der Waals surface area contributed by atoms with Gasteiger partial charge in [0.15, 0.2) is 0 Å². The van der Waals surface area contributed by atoms with Crippen molar-refractivity contribution in [3.05, 3.63) is 90.1 Å². The number of hydrogen-bond acceptors (Lipinski definition) is 5. The van der Waals surface area contributed by atoms with Gasteiger partial charge in [0, 0.05) is 32.3 Å². The molecule has 4 rings (SSSR count). The van der Waals surface area contributed by atoms with Crippen molar-refractivity contribution < 1.29 is 9.53 Å². The van der Waals surface area contributed by atoms with Crippen molar-refractivity contribution >= 4 is 23.5 Å². The maximum Gasteiger partial charge on any atom is 0.248 e. The van der Waals surface area contributed by atoms with Gasteiger partial charge < -0.3 is 19.9 Å². The molecular formula is C26H28N4O2. The molecule has 6 heteroatoms. The molecule has 1 N–H and O–H groups in total. The van der Waals surface area contributed by atoms with E-state index in [2.05, 4.69) is 27.1 Å². The Morgan fingerprint density at radius 2 is 1.75 bits per heavy atom. The first-order valence-electron chi connectivity index (χ1n) is 10.8. The normalized spacial score (nSPS) is 14.5. The standard InChI is InChI=1S/C26H28N4O2/c1-29-15-17-30(18-16-29)25-13-10-23(19-27-25)28-26(31)14-9-21-7-11-24(12-8-21)32-20-22-5-3-2-4-6-22/h2-14,19H,15-18,20H2,1H3,(H,28,31)/b14-9+. The van der Waals surface area contributed by atoms with Crippen LogP contribution in [0.3, 0.4) is 0 Å². The third-order valence-corrected chi connectivity index (χ3v) is 5.40. The average Bonchev–Trinajstić information content (AvgIpc) is 2.84. The summed E-state index contributed by atoms with van der Waals surface area (Å²) < 4.78 is 5.79. The number of ether oxygens (including phenoxy) is 1. The van der Waals surface area contributed by atoms with Gasteiger partial charge in [-0.3, -0.25) is 4.79 Å². The highest BCUT2D eigenvalue weighted by atomic mass is 16.5. The SMILES string of the molecule is CN1CCN(c2ccc(NC(=O)/C=C/c3ccc(OCc4ccccc4)cc3)cn2)CC1. The minimum atomic E-state index is -0.191. The summed E-state index contributed by atoms with van der Waals surface area (Å²) in [6.07, 6.45) is 5.01. The number of benzene rings is 2. The van der Waals surface area contributed by atoms with Gasteiger partial charge in [-0.05, 0) is 48.5 Å². The van der Waals surface area contributed by atoms with Crippen molar-refractivity contribution in [2.45, 2.75) is 6.61 Å². The van der Waals surface area contributed by atoms with Gasteiger partial charge in [0.05, 0.1) is 11.9 Å². The maximum absolute atomic E-state index is 12.3. The molecule has 1 aromatic heterocycles. The highest BCUT2D eigenvalue weighted by Gasteiger charge is 2.15. The average molecular weight is 429 g/mol. The van der Waals surface area contributed by atoms with Crippen LogP contribution in [0.5, 0.6) is 5.75 Å². The molecule has 6 nitrogen and oxygen atoms in total. The smallest absolute Gasteiger partial charge is 0.248 e. The summed E-state index contributed by atoms with van der Waals surface area (Å²) in [5.41, 5.74) is 2.73. The zero-order valence-electron chi connectivity index (χ0n) is 18.3. The van der Waals surface area contributed by atoms with Gasteiger partial charge in [-0.1, -0.05) is 42.5 Å². The van der Waals surface area contributed by atoms with E-state index in [1.807, 2.05) is 66.7 Å². The summed E-state index contributed by atoms with van der Waals surface area (Å²) in [6.45, 7) is 4.53. The van der Waals surface area contributed by atoms with Crippen LogP contribution in [0.15, 0.2) is 79.0 Å². The molecule has 1 aliphatic rings. The number of carbonyl (C=O) groups is 1. The van der Waals surface area contributed by atoms with Crippen molar-refractivity contribution in [3.63, 3.8) is 0 Å². The molecule has 0 aliphatic carbocycles. The molecule has 0 bridgehead atoms. The number of nitrogens with zero attached hydrogens (tertiary/aromatic N) is 3. The molecule has 32 heavy (non-hydrogen) atoms. The van der Waals surface area contributed by atoms with Crippen LogP contribution in [0.1, 0.15) is 11.1 Å². The van der Waals surface area contributed by atoms with Gasteiger partial charge in [-0.15, -0.1) is 0 Å². The van der Waals surface area contributed by atoms with E-state index in [0.717, 1.165) is 48.9 Å². The highest BCUT2D eigenvalue weighted by Crippen LogP contribution is 2.17. The summed E-state index contributed by atoms with van der Waals surface area (Å²) in [6, 6.07) is 21.6. The van der Waals surface area contributed by atoms with E-state index in [1.54, 1.807) is 12.3 Å². The van der Waals surface area contributed by atoms with Crippen molar-refractivity contribution in [2.24, 2.45) is 0 Å². The summed E-state index contributed by atoms with van der Waals surface area (Å²) in [7, 11) is 2.13. The van der Waals surface area contributed by atoms with E-state index in [-0.39, 0.29) is 5.91 Å². The quantitative estimate of drug-likeness (QED) is 0.575. The Kier molecular flexibility index (Phi) is 7.15. The lowest BCUT2D eigenvalue weighted by molar-refractivity contribution is -0.111. The van der Waals surface area contributed by atoms with Gasteiger partial charge in [-0.2, -0.15) is 0 Å².